The Morgan fingerprint density at radius 3 is 2.92 bits per heavy atom. The van der Waals surface area contributed by atoms with Crippen molar-refractivity contribution >= 4 is 33.6 Å². The molecule has 2 aromatic rings. The van der Waals surface area contributed by atoms with Gasteiger partial charge >= 0.3 is 0 Å². The quantitative estimate of drug-likeness (QED) is 0.761. The molecule has 13 heavy (non-hydrogen) atoms. The van der Waals surface area contributed by atoms with Gasteiger partial charge in [-0.25, -0.2) is 0 Å². The van der Waals surface area contributed by atoms with Gasteiger partial charge in [-0.05, 0) is 53.3 Å². The minimum absolute atomic E-state index is 1.00. The predicted octanol–water partition coefficient (Wildman–Crippen LogP) is 3.99. The summed E-state index contributed by atoms with van der Waals surface area (Å²) in [6.07, 6.45) is 2.17. The van der Waals surface area contributed by atoms with Crippen molar-refractivity contribution in [3.63, 3.8) is 0 Å². The summed E-state index contributed by atoms with van der Waals surface area (Å²) in [5.74, 6) is 1.10. The highest BCUT2D eigenvalue weighted by atomic mass is 127. The Bertz CT molecular complexity index is 417. The monoisotopic (exact) mass is 286 g/mol. The first-order valence-electron chi connectivity index (χ1n) is 4.47. The van der Waals surface area contributed by atoms with Crippen molar-refractivity contribution in [3.05, 3.63) is 33.6 Å². The Kier molecular flexibility index (Phi) is 2.58. The highest BCUT2D eigenvalue weighted by Gasteiger charge is 2.02. The third-order valence-electron chi connectivity index (χ3n) is 2.03. The summed E-state index contributed by atoms with van der Waals surface area (Å²) in [4.78, 5) is 0. The molecule has 2 heteroatoms. The maximum Gasteiger partial charge on any atom is 0.134 e. The summed E-state index contributed by atoms with van der Waals surface area (Å²) < 4.78 is 6.92. The van der Waals surface area contributed by atoms with E-state index in [0.717, 1.165) is 24.2 Å². The van der Waals surface area contributed by atoms with Gasteiger partial charge in [-0.15, -0.1) is 0 Å². The van der Waals surface area contributed by atoms with E-state index in [1.165, 1.54) is 8.96 Å². The molecule has 0 spiro atoms. The zero-order chi connectivity index (χ0) is 9.26. The van der Waals surface area contributed by atoms with E-state index in [1.807, 2.05) is 6.07 Å². The number of halogens is 1. The fraction of sp³-hybridized carbons (Fsp3) is 0.273. The van der Waals surface area contributed by atoms with Crippen molar-refractivity contribution in [2.45, 2.75) is 19.8 Å². The molecule has 0 aliphatic heterocycles. The molecule has 0 bridgehead atoms. The fourth-order valence-corrected chi connectivity index (χ4v) is 1.95. The van der Waals surface area contributed by atoms with Crippen LogP contribution in [0.3, 0.4) is 0 Å². The van der Waals surface area contributed by atoms with Crippen LogP contribution in [0.2, 0.25) is 0 Å². The summed E-state index contributed by atoms with van der Waals surface area (Å²) in [5.41, 5.74) is 1.00. The van der Waals surface area contributed by atoms with Crippen LogP contribution >= 0.6 is 22.6 Å². The third-order valence-corrected chi connectivity index (χ3v) is 2.70. The van der Waals surface area contributed by atoms with Crippen molar-refractivity contribution in [2.24, 2.45) is 0 Å². The number of benzene rings is 1. The maximum absolute atomic E-state index is 5.66. The second kappa shape index (κ2) is 3.70. The molecule has 0 unspecified atom stereocenters. The summed E-state index contributed by atoms with van der Waals surface area (Å²) in [5, 5.41) is 1.22. The lowest BCUT2D eigenvalue weighted by Gasteiger charge is -1.88. The summed E-state index contributed by atoms with van der Waals surface area (Å²) in [6, 6.07) is 8.40. The topological polar surface area (TPSA) is 13.1 Å². The van der Waals surface area contributed by atoms with Gasteiger partial charge < -0.3 is 4.42 Å². The van der Waals surface area contributed by atoms with E-state index in [0.29, 0.717) is 0 Å². The van der Waals surface area contributed by atoms with E-state index >= 15 is 0 Å². The molecule has 68 valence electrons. The van der Waals surface area contributed by atoms with E-state index < -0.39 is 0 Å². The van der Waals surface area contributed by atoms with Crippen molar-refractivity contribution in [2.75, 3.05) is 0 Å². The normalized spacial score (nSPS) is 10.9. The summed E-state index contributed by atoms with van der Waals surface area (Å²) in [7, 11) is 0. The molecule has 0 saturated carbocycles. The second-order valence-electron chi connectivity index (χ2n) is 3.14. The lowest BCUT2D eigenvalue weighted by Crippen LogP contribution is -1.74. The molecule has 0 atom stereocenters. The molecular formula is C11H11IO. The molecule has 1 heterocycles. The van der Waals surface area contributed by atoms with Crippen molar-refractivity contribution in [1.82, 2.24) is 0 Å². The van der Waals surface area contributed by atoms with Crippen LogP contribution in [0.25, 0.3) is 11.0 Å². The number of aryl methyl sites for hydroxylation is 1. The zero-order valence-electron chi connectivity index (χ0n) is 7.51. The molecule has 1 aromatic carbocycles. The van der Waals surface area contributed by atoms with Crippen LogP contribution in [0.4, 0.5) is 0 Å². The van der Waals surface area contributed by atoms with Crippen LogP contribution in [0.5, 0.6) is 0 Å². The standard InChI is InChI=1S/C11H11IO/c1-2-3-10-7-8-6-9(12)4-5-11(8)13-10/h4-7H,2-3H2,1H3. The smallest absolute Gasteiger partial charge is 0.134 e. The Balaban J connectivity index is 2.49. The van der Waals surface area contributed by atoms with E-state index in [9.17, 15) is 0 Å². The van der Waals surface area contributed by atoms with Crippen LogP contribution in [0, 0.1) is 3.57 Å². The Labute approximate surface area is 91.3 Å². The largest absolute Gasteiger partial charge is 0.461 e. The van der Waals surface area contributed by atoms with E-state index in [4.69, 9.17) is 4.42 Å². The molecule has 1 aromatic heterocycles. The highest BCUT2D eigenvalue weighted by Crippen LogP contribution is 2.22. The van der Waals surface area contributed by atoms with Gasteiger partial charge in [0, 0.05) is 15.4 Å². The van der Waals surface area contributed by atoms with Crippen molar-refractivity contribution < 1.29 is 4.42 Å². The summed E-state index contributed by atoms with van der Waals surface area (Å²) >= 11 is 2.32. The average Bonchev–Trinajstić information content (AvgIpc) is 2.46. The lowest BCUT2D eigenvalue weighted by atomic mass is 10.2. The first-order chi connectivity index (χ1) is 6.29. The Morgan fingerprint density at radius 2 is 2.15 bits per heavy atom. The molecule has 0 aliphatic rings. The van der Waals surface area contributed by atoms with Gasteiger partial charge in [0.2, 0.25) is 0 Å². The third kappa shape index (κ3) is 1.88. The van der Waals surface area contributed by atoms with Crippen LogP contribution in [-0.4, -0.2) is 0 Å². The first-order valence-corrected chi connectivity index (χ1v) is 5.55. The number of hydrogen-bond donors (Lipinski definition) is 0. The molecule has 0 saturated heterocycles. The Hall–Kier alpha value is -0.510. The minimum Gasteiger partial charge on any atom is -0.461 e. The second-order valence-corrected chi connectivity index (χ2v) is 4.39. The highest BCUT2D eigenvalue weighted by molar-refractivity contribution is 14.1. The molecule has 0 amide bonds. The van der Waals surface area contributed by atoms with Gasteiger partial charge in [-0.2, -0.15) is 0 Å². The van der Waals surface area contributed by atoms with Gasteiger partial charge in [-0.3, -0.25) is 0 Å². The van der Waals surface area contributed by atoms with Gasteiger partial charge in [-0.1, -0.05) is 6.92 Å². The van der Waals surface area contributed by atoms with Gasteiger partial charge in [0.1, 0.15) is 11.3 Å². The van der Waals surface area contributed by atoms with Gasteiger partial charge in [0.15, 0.2) is 0 Å². The minimum atomic E-state index is 1.00. The number of fused-ring (bicyclic) bond motifs is 1. The predicted molar refractivity (Wildman–Crippen MR) is 62.9 cm³/mol. The van der Waals surface area contributed by atoms with Crippen LogP contribution in [-0.2, 0) is 6.42 Å². The number of hydrogen-bond acceptors (Lipinski definition) is 1. The zero-order valence-corrected chi connectivity index (χ0v) is 9.67. The average molecular weight is 286 g/mol. The maximum atomic E-state index is 5.66. The molecule has 0 radical (unpaired) electrons. The number of rotatable bonds is 2. The molecule has 0 fully saturated rings. The van der Waals surface area contributed by atoms with Crippen molar-refractivity contribution in [1.29, 1.82) is 0 Å². The molecular weight excluding hydrogens is 275 g/mol. The van der Waals surface area contributed by atoms with Crippen LogP contribution in [0.15, 0.2) is 28.7 Å². The molecule has 2 rings (SSSR count). The molecule has 0 N–H and O–H groups in total. The Morgan fingerprint density at radius 1 is 1.31 bits per heavy atom. The first kappa shape index (κ1) is 9.06. The SMILES string of the molecule is CCCc1cc2cc(I)ccc2o1. The van der Waals surface area contributed by atoms with Gasteiger partial charge in [0.05, 0.1) is 0 Å². The van der Waals surface area contributed by atoms with Gasteiger partial charge in [0.25, 0.3) is 0 Å². The molecule has 0 aliphatic carbocycles. The lowest BCUT2D eigenvalue weighted by molar-refractivity contribution is 0.544. The number of furan rings is 1. The van der Waals surface area contributed by atoms with E-state index in [1.54, 1.807) is 0 Å². The fourth-order valence-electron chi connectivity index (χ4n) is 1.44. The van der Waals surface area contributed by atoms with Crippen LogP contribution in [0.1, 0.15) is 19.1 Å². The van der Waals surface area contributed by atoms with E-state index in [-0.39, 0.29) is 0 Å². The van der Waals surface area contributed by atoms with E-state index in [2.05, 4.69) is 47.7 Å². The van der Waals surface area contributed by atoms with Crippen LogP contribution < -0.4 is 0 Å². The summed E-state index contributed by atoms with van der Waals surface area (Å²) in [6.45, 7) is 2.16. The molecule has 1 nitrogen and oxygen atoms in total. The van der Waals surface area contributed by atoms with Crippen molar-refractivity contribution in [3.8, 4) is 0 Å².